The molecule has 74 valence electrons. The lowest BCUT2D eigenvalue weighted by molar-refractivity contribution is 0.476. The fraction of sp³-hybridized carbons (Fsp3) is 0. The summed E-state index contributed by atoms with van der Waals surface area (Å²) in [4.78, 5) is 0. The molecule has 0 heterocycles. The van der Waals surface area contributed by atoms with E-state index < -0.39 is 0 Å². The molecule has 0 spiro atoms. The molecule has 15 heavy (non-hydrogen) atoms. The van der Waals surface area contributed by atoms with Crippen LogP contribution in [-0.4, -0.2) is 5.11 Å². The minimum absolute atomic E-state index is 0.273. The van der Waals surface area contributed by atoms with Crippen molar-refractivity contribution in [3.05, 3.63) is 66.7 Å². The second kappa shape index (κ2) is 4.47. The highest BCUT2D eigenvalue weighted by Crippen LogP contribution is 2.20. The summed E-state index contributed by atoms with van der Waals surface area (Å²) in [5.41, 5.74) is 2.10. The summed E-state index contributed by atoms with van der Waals surface area (Å²) in [7, 11) is 0. The summed E-state index contributed by atoms with van der Waals surface area (Å²) in [5, 5.41) is 9.55. The molecule has 0 fully saturated rings. The predicted molar refractivity (Wildman–Crippen MR) is 62.4 cm³/mol. The summed E-state index contributed by atoms with van der Waals surface area (Å²) < 4.78 is 0. The van der Waals surface area contributed by atoms with Crippen LogP contribution in [0.2, 0.25) is 0 Å². The van der Waals surface area contributed by atoms with Gasteiger partial charge in [0, 0.05) is 0 Å². The minimum Gasteiger partial charge on any atom is -0.508 e. The van der Waals surface area contributed by atoms with Gasteiger partial charge in [-0.1, -0.05) is 54.6 Å². The van der Waals surface area contributed by atoms with E-state index in [2.05, 4.69) is 0 Å². The first-order chi connectivity index (χ1) is 7.36. The Balaban J connectivity index is 2.76. The molecule has 0 unspecified atom stereocenters. The van der Waals surface area contributed by atoms with Crippen molar-refractivity contribution in [2.45, 2.75) is 0 Å². The Morgan fingerprint density at radius 1 is 0.600 bits per heavy atom. The Hall–Kier alpha value is -2.02. The highest BCUT2D eigenvalue weighted by molar-refractivity contribution is 5.63. The summed E-state index contributed by atoms with van der Waals surface area (Å²) in [5.74, 6) is 0.273. The minimum atomic E-state index is 0.273. The number of hydrogen-bond donors (Lipinski definition) is 1. The van der Waals surface area contributed by atoms with Crippen LogP contribution < -0.4 is 0 Å². The molecule has 0 radical (unpaired) electrons. The lowest BCUT2D eigenvalue weighted by Crippen LogP contribution is -1.73. The zero-order chi connectivity index (χ0) is 10.5. The van der Waals surface area contributed by atoms with Crippen molar-refractivity contribution in [2.24, 2.45) is 0 Å². The molecule has 0 atom stereocenters. The third kappa shape index (κ3) is 2.47. The van der Waals surface area contributed by atoms with Crippen LogP contribution >= 0.6 is 0 Å². The lowest BCUT2D eigenvalue weighted by Gasteiger charge is -1.99. The van der Waals surface area contributed by atoms with Gasteiger partial charge in [-0.15, -0.1) is 0 Å². The molecular weight excluding hydrogens is 184 g/mol. The summed E-state index contributed by atoms with van der Waals surface area (Å²) in [6, 6.07) is 21.1. The number of hydrogen-bond acceptors (Lipinski definition) is 1. The van der Waals surface area contributed by atoms with Gasteiger partial charge in [-0.2, -0.15) is 0 Å². The van der Waals surface area contributed by atoms with Crippen molar-refractivity contribution >= 4 is 0 Å². The number of fused-ring (bicyclic) bond motifs is 1. The molecule has 0 aromatic heterocycles. The first kappa shape index (κ1) is 9.53. The monoisotopic (exact) mass is 196 g/mol. The van der Waals surface area contributed by atoms with E-state index in [9.17, 15) is 5.11 Å². The first-order valence-corrected chi connectivity index (χ1v) is 4.87. The quantitative estimate of drug-likeness (QED) is 0.682. The van der Waals surface area contributed by atoms with E-state index in [1.54, 1.807) is 12.1 Å². The van der Waals surface area contributed by atoms with Crippen LogP contribution in [0.1, 0.15) is 0 Å². The van der Waals surface area contributed by atoms with E-state index in [1.165, 1.54) is 0 Å². The Morgan fingerprint density at radius 2 is 1.13 bits per heavy atom. The Bertz CT molecular complexity index is 475. The maximum Gasteiger partial charge on any atom is 0.116 e. The van der Waals surface area contributed by atoms with Crippen LogP contribution in [0, 0.1) is 0 Å². The normalized spacial score (nSPS) is 9.60. The van der Waals surface area contributed by atoms with Gasteiger partial charge in [0.1, 0.15) is 5.75 Å². The second-order valence-electron chi connectivity index (χ2n) is 3.30. The highest BCUT2D eigenvalue weighted by Gasteiger charge is 1.94. The average molecular weight is 196 g/mol. The van der Waals surface area contributed by atoms with Crippen LogP contribution in [0.15, 0.2) is 66.7 Å². The Kier molecular flexibility index (Phi) is 2.84. The van der Waals surface area contributed by atoms with Crippen molar-refractivity contribution < 1.29 is 5.11 Å². The zero-order valence-corrected chi connectivity index (χ0v) is 8.30. The zero-order valence-electron chi connectivity index (χ0n) is 8.30. The smallest absolute Gasteiger partial charge is 0.116 e. The molecule has 0 amide bonds. The van der Waals surface area contributed by atoms with Crippen molar-refractivity contribution in [1.82, 2.24) is 0 Å². The van der Waals surface area contributed by atoms with Crippen LogP contribution in [0.4, 0.5) is 0 Å². The second-order valence-corrected chi connectivity index (χ2v) is 3.30. The maximum atomic E-state index is 9.55. The van der Waals surface area contributed by atoms with Crippen LogP contribution in [-0.2, 0) is 0 Å². The number of rotatable bonds is 0. The van der Waals surface area contributed by atoms with Gasteiger partial charge in [0.25, 0.3) is 0 Å². The van der Waals surface area contributed by atoms with Gasteiger partial charge >= 0.3 is 0 Å². The Labute approximate surface area is 89.3 Å². The average Bonchev–Trinajstić information content (AvgIpc) is 2.18. The van der Waals surface area contributed by atoms with Gasteiger partial charge in [-0.05, 0) is 23.3 Å². The van der Waals surface area contributed by atoms with Gasteiger partial charge in [-0.25, -0.2) is 0 Å². The Morgan fingerprint density at radius 3 is 1.87 bits per heavy atom. The lowest BCUT2D eigenvalue weighted by atomic mass is 10.1. The number of aromatic hydroxyl groups is 1. The van der Waals surface area contributed by atoms with Crippen molar-refractivity contribution in [1.29, 1.82) is 0 Å². The molecular formula is C14H12O. The van der Waals surface area contributed by atoms with Gasteiger partial charge in [0.2, 0.25) is 0 Å². The molecule has 0 aromatic rings. The van der Waals surface area contributed by atoms with E-state index in [-0.39, 0.29) is 5.75 Å². The van der Waals surface area contributed by atoms with E-state index in [0.717, 1.165) is 11.1 Å². The highest BCUT2D eigenvalue weighted by atomic mass is 16.3. The van der Waals surface area contributed by atoms with Crippen LogP contribution in [0.3, 0.4) is 0 Å². The molecule has 2 rings (SSSR count). The van der Waals surface area contributed by atoms with Gasteiger partial charge in [0.05, 0.1) is 0 Å². The van der Waals surface area contributed by atoms with E-state index >= 15 is 0 Å². The van der Waals surface area contributed by atoms with Crippen molar-refractivity contribution in [3.63, 3.8) is 0 Å². The molecule has 2 aliphatic rings. The third-order valence-corrected chi connectivity index (χ3v) is 2.18. The topological polar surface area (TPSA) is 20.2 Å². The molecule has 0 saturated carbocycles. The maximum absolute atomic E-state index is 9.55. The standard InChI is InChI=1S/C14H12O/c15-14-10-6-5-8-12-7-3-1-2-4-9-13(12)11-14/h1-11,15H. The van der Waals surface area contributed by atoms with E-state index in [0.29, 0.717) is 0 Å². The van der Waals surface area contributed by atoms with Crippen molar-refractivity contribution in [2.75, 3.05) is 0 Å². The molecule has 1 nitrogen and oxygen atoms in total. The molecule has 1 N–H and O–H groups in total. The summed E-state index contributed by atoms with van der Waals surface area (Å²) >= 11 is 0. The van der Waals surface area contributed by atoms with Gasteiger partial charge in [-0.3, -0.25) is 0 Å². The van der Waals surface area contributed by atoms with E-state index in [4.69, 9.17) is 0 Å². The van der Waals surface area contributed by atoms with E-state index in [1.807, 2.05) is 54.6 Å². The van der Waals surface area contributed by atoms with Crippen LogP contribution in [0.5, 0.6) is 5.75 Å². The largest absolute Gasteiger partial charge is 0.508 e. The third-order valence-electron chi connectivity index (χ3n) is 2.18. The van der Waals surface area contributed by atoms with Gasteiger partial charge in [0.15, 0.2) is 0 Å². The molecule has 0 bridgehead atoms. The molecule has 0 aromatic carbocycles. The van der Waals surface area contributed by atoms with Crippen molar-refractivity contribution in [3.8, 4) is 16.9 Å². The molecule has 1 heteroatoms. The predicted octanol–water partition coefficient (Wildman–Crippen LogP) is 3.62. The molecule has 0 saturated heterocycles. The fourth-order valence-electron chi connectivity index (χ4n) is 1.44. The first-order valence-electron chi connectivity index (χ1n) is 4.87. The van der Waals surface area contributed by atoms with Crippen LogP contribution in [0.25, 0.3) is 11.1 Å². The fourth-order valence-corrected chi connectivity index (χ4v) is 1.44. The molecule has 0 aliphatic heterocycles. The summed E-state index contributed by atoms with van der Waals surface area (Å²) in [6.07, 6.45) is 0. The molecule has 2 aliphatic carbocycles. The summed E-state index contributed by atoms with van der Waals surface area (Å²) in [6.45, 7) is 0. The van der Waals surface area contributed by atoms with Gasteiger partial charge < -0.3 is 5.11 Å². The SMILES string of the molecule is Oc1ccccc2ccccccc-2c1.